The van der Waals surface area contributed by atoms with E-state index in [0.717, 1.165) is 52.9 Å². The molecule has 3 heterocycles. The van der Waals surface area contributed by atoms with Crippen molar-refractivity contribution in [2.24, 2.45) is 0 Å². The largest absolute Gasteiger partial charge is 0.468 e. The molecule has 0 radical (unpaired) electrons. The molecule has 1 atom stereocenters. The van der Waals surface area contributed by atoms with E-state index >= 15 is 0 Å². The monoisotopic (exact) mass is 474 g/mol. The third kappa shape index (κ3) is 4.80. The van der Waals surface area contributed by atoms with Gasteiger partial charge in [0.2, 0.25) is 0 Å². The van der Waals surface area contributed by atoms with Crippen molar-refractivity contribution in [3.05, 3.63) is 75.2 Å². The molecule has 1 aliphatic rings. The van der Waals surface area contributed by atoms with Gasteiger partial charge in [-0.1, -0.05) is 38.3 Å². The number of aryl methyl sites for hydroxylation is 2. The lowest BCUT2D eigenvalue weighted by atomic mass is 9.95. The van der Waals surface area contributed by atoms with Crippen molar-refractivity contribution < 1.29 is 4.42 Å². The van der Waals surface area contributed by atoms with Gasteiger partial charge in [0.1, 0.15) is 5.76 Å². The van der Waals surface area contributed by atoms with Crippen LogP contribution in [-0.4, -0.2) is 30.1 Å². The number of rotatable bonds is 8. The van der Waals surface area contributed by atoms with Crippen LogP contribution in [0.25, 0.3) is 10.9 Å². The molecule has 184 valence electrons. The van der Waals surface area contributed by atoms with Crippen LogP contribution in [0.15, 0.2) is 45.8 Å². The molecule has 0 spiro atoms. The Labute approximate surface area is 205 Å². The van der Waals surface area contributed by atoms with E-state index in [1.54, 1.807) is 6.26 Å². The summed E-state index contributed by atoms with van der Waals surface area (Å²) in [5.74, 6) is 1.72. The fourth-order valence-corrected chi connectivity index (χ4v) is 5.39. The van der Waals surface area contributed by atoms with E-state index in [4.69, 9.17) is 4.42 Å². The van der Waals surface area contributed by atoms with Gasteiger partial charge in [0.15, 0.2) is 5.82 Å². The zero-order valence-electron chi connectivity index (χ0n) is 20.8. The van der Waals surface area contributed by atoms with Crippen molar-refractivity contribution in [1.82, 2.24) is 30.1 Å². The van der Waals surface area contributed by atoms with E-state index in [1.165, 1.54) is 24.8 Å². The predicted molar refractivity (Wildman–Crippen MR) is 135 cm³/mol. The summed E-state index contributed by atoms with van der Waals surface area (Å²) in [6, 6.07) is 10.4. The van der Waals surface area contributed by atoms with E-state index in [9.17, 15) is 4.79 Å². The summed E-state index contributed by atoms with van der Waals surface area (Å²) in [5.41, 5.74) is 3.85. The van der Waals surface area contributed by atoms with Gasteiger partial charge in [-0.15, -0.1) is 5.10 Å². The number of pyridine rings is 1. The van der Waals surface area contributed by atoms with Gasteiger partial charge in [0.25, 0.3) is 5.56 Å². The highest BCUT2D eigenvalue weighted by Crippen LogP contribution is 2.33. The number of fused-ring (bicyclic) bond motifs is 1. The quantitative estimate of drug-likeness (QED) is 0.368. The van der Waals surface area contributed by atoms with Crippen LogP contribution >= 0.6 is 0 Å². The zero-order valence-corrected chi connectivity index (χ0v) is 20.8. The maximum Gasteiger partial charge on any atom is 0.252 e. The van der Waals surface area contributed by atoms with Crippen molar-refractivity contribution in [3.8, 4) is 0 Å². The lowest BCUT2D eigenvalue weighted by Crippen LogP contribution is -2.33. The maximum absolute atomic E-state index is 13.2. The van der Waals surface area contributed by atoms with Crippen LogP contribution in [0.5, 0.6) is 0 Å². The van der Waals surface area contributed by atoms with Gasteiger partial charge in [-0.3, -0.25) is 9.69 Å². The predicted octanol–water partition coefficient (Wildman–Crippen LogP) is 5.38. The smallest absolute Gasteiger partial charge is 0.252 e. The number of furan rings is 1. The molecule has 1 saturated carbocycles. The first-order valence-electron chi connectivity index (χ1n) is 12.7. The Morgan fingerprint density at radius 1 is 1.17 bits per heavy atom. The minimum absolute atomic E-state index is 0.0492. The van der Waals surface area contributed by atoms with E-state index in [2.05, 4.69) is 58.3 Å². The highest BCUT2D eigenvalue weighted by atomic mass is 16.3. The van der Waals surface area contributed by atoms with Crippen LogP contribution in [-0.2, 0) is 13.1 Å². The number of nitrogens with zero attached hydrogens (tertiary/aromatic N) is 5. The van der Waals surface area contributed by atoms with Crippen LogP contribution in [0.3, 0.4) is 0 Å². The van der Waals surface area contributed by atoms with E-state index in [0.29, 0.717) is 19.1 Å². The van der Waals surface area contributed by atoms with Gasteiger partial charge in [-0.25, -0.2) is 4.68 Å². The Kier molecular flexibility index (Phi) is 6.81. The Morgan fingerprint density at radius 3 is 2.74 bits per heavy atom. The SMILES string of the molecule is CC[C@H](c1nnnn1C1CCCCC1)N(Cc1ccco1)Cc1cc2ccc(C)c(C)c2[nH]c1=O. The number of H-pyrrole nitrogens is 1. The molecule has 4 aromatic rings. The first-order chi connectivity index (χ1) is 17.0. The van der Waals surface area contributed by atoms with Crippen LogP contribution < -0.4 is 5.56 Å². The van der Waals surface area contributed by atoms with Gasteiger partial charge in [-0.05, 0) is 78.2 Å². The summed E-state index contributed by atoms with van der Waals surface area (Å²) >= 11 is 0. The Bertz CT molecular complexity index is 1330. The molecule has 3 aromatic heterocycles. The van der Waals surface area contributed by atoms with Crippen LogP contribution in [0.4, 0.5) is 0 Å². The normalized spacial score (nSPS) is 15.8. The molecule has 35 heavy (non-hydrogen) atoms. The molecule has 1 N–H and O–H groups in total. The van der Waals surface area contributed by atoms with Gasteiger partial charge in [0.05, 0.1) is 30.4 Å². The van der Waals surface area contributed by atoms with Crippen molar-refractivity contribution in [2.75, 3.05) is 0 Å². The van der Waals surface area contributed by atoms with Crippen LogP contribution in [0.2, 0.25) is 0 Å². The average molecular weight is 475 g/mol. The first kappa shape index (κ1) is 23.5. The molecule has 0 saturated heterocycles. The third-order valence-electron chi connectivity index (χ3n) is 7.50. The summed E-state index contributed by atoms with van der Waals surface area (Å²) < 4.78 is 7.74. The second kappa shape index (κ2) is 10.2. The van der Waals surface area contributed by atoms with E-state index in [1.807, 2.05) is 22.9 Å². The molecule has 0 unspecified atom stereocenters. The average Bonchev–Trinajstić information content (AvgIpc) is 3.56. The minimum atomic E-state index is -0.0580. The molecule has 8 nitrogen and oxygen atoms in total. The fourth-order valence-electron chi connectivity index (χ4n) is 5.39. The summed E-state index contributed by atoms with van der Waals surface area (Å²) in [6.45, 7) is 7.29. The van der Waals surface area contributed by atoms with Crippen LogP contribution in [0, 0.1) is 13.8 Å². The summed E-state index contributed by atoms with van der Waals surface area (Å²) in [4.78, 5) is 18.6. The molecule has 5 rings (SSSR count). The van der Waals surface area contributed by atoms with E-state index in [-0.39, 0.29) is 11.6 Å². The molecule has 8 heteroatoms. The Balaban J connectivity index is 1.52. The number of benzene rings is 1. The minimum Gasteiger partial charge on any atom is -0.468 e. The molecule has 0 bridgehead atoms. The van der Waals surface area contributed by atoms with Crippen molar-refractivity contribution in [2.45, 2.75) is 84.5 Å². The van der Waals surface area contributed by atoms with Gasteiger partial charge >= 0.3 is 0 Å². The second-order valence-corrected chi connectivity index (χ2v) is 9.78. The topological polar surface area (TPSA) is 92.8 Å². The highest BCUT2D eigenvalue weighted by Gasteiger charge is 2.29. The van der Waals surface area contributed by atoms with Gasteiger partial charge in [-0.2, -0.15) is 0 Å². The van der Waals surface area contributed by atoms with Crippen molar-refractivity contribution in [3.63, 3.8) is 0 Å². The lowest BCUT2D eigenvalue weighted by molar-refractivity contribution is 0.144. The molecular weight excluding hydrogens is 440 g/mol. The number of hydrogen-bond donors (Lipinski definition) is 1. The van der Waals surface area contributed by atoms with Gasteiger partial charge in [0, 0.05) is 12.1 Å². The first-order valence-corrected chi connectivity index (χ1v) is 12.7. The maximum atomic E-state index is 13.2. The lowest BCUT2D eigenvalue weighted by Gasteiger charge is -2.31. The summed E-state index contributed by atoms with van der Waals surface area (Å²) in [5, 5.41) is 14.0. The number of tetrazole rings is 1. The van der Waals surface area contributed by atoms with Crippen molar-refractivity contribution in [1.29, 1.82) is 0 Å². The Hall–Kier alpha value is -3.26. The van der Waals surface area contributed by atoms with Gasteiger partial charge < -0.3 is 9.40 Å². The number of hydrogen-bond acceptors (Lipinski definition) is 6. The standard InChI is InChI=1S/C27H34N6O2/c1-4-24(26-29-30-31-33(26)22-9-6-5-7-10-22)32(17-23-11-8-14-35-23)16-21-15-20-13-12-18(2)19(3)25(20)28-27(21)34/h8,11-15,22,24H,4-7,9-10,16-17H2,1-3H3,(H,28,34)/t24-/m1/s1. The van der Waals surface area contributed by atoms with Crippen molar-refractivity contribution >= 4 is 10.9 Å². The molecule has 1 aliphatic carbocycles. The number of aromatic nitrogens is 5. The van der Waals surface area contributed by atoms with Crippen LogP contribution in [0.1, 0.15) is 85.8 Å². The molecule has 1 fully saturated rings. The second-order valence-electron chi connectivity index (χ2n) is 9.78. The number of nitrogens with one attached hydrogen (secondary N) is 1. The molecule has 0 amide bonds. The fraction of sp³-hybridized carbons (Fsp3) is 0.481. The molecule has 1 aromatic carbocycles. The Morgan fingerprint density at radius 2 is 2.00 bits per heavy atom. The molecular formula is C27H34N6O2. The third-order valence-corrected chi connectivity index (χ3v) is 7.50. The highest BCUT2D eigenvalue weighted by molar-refractivity contribution is 5.83. The number of aromatic amines is 1. The molecule has 0 aliphatic heterocycles. The summed E-state index contributed by atoms with van der Waals surface area (Å²) in [6.07, 6.45) is 8.42. The summed E-state index contributed by atoms with van der Waals surface area (Å²) in [7, 11) is 0. The van der Waals surface area contributed by atoms with E-state index < -0.39 is 0 Å². The zero-order chi connectivity index (χ0) is 24.4.